The Morgan fingerprint density at radius 1 is 1.25 bits per heavy atom. The summed E-state index contributed by atoms with van der Waals surface area (Å²) in [5, 5.41) is 3.33. The minimum absolute atomic E-state index is 0.768. The van der Waals surface area contributed by atoms with E-state index in [0.29, 0.717) is 0 Å². The van der Waals surface area contributed by atoms with E-state index in [0.717, 1.165) is 38.3 Å². The second-order valence-corrected chi connectivity index (χ2v) is 4.38. The van der Waals surface area contributed by atoms with Gasteiger partial charge in [0.15, 0.2) is 0 Å². The molecular weight excluding hydrogens is 203 g/mol. The summed E-state index contributed by atoms with van der Waals surface area (Å²) in [6.45, 7) is 6.88. The maximum Gasteiger partial charge on any atom is 0.122 e. The minimum Gasteiger partial charge on any atom is -0.314 e. The van der Waals surface area contributed by atoms with Gasteiger partial charge >= 0.3 is 0 Å². The molecule has 1 saturated heterocycles. The summed E-state index contributed by atoms with van der Waals surface area (Å²) < 4.78 is 13.0. The van der Waals surface area contributed by atoms with Gasteiger partial charge in [-0.2, -0.15) is 0 Å². The van der Waals surface area contributed by atoms with E-state index in [1.165, 1.54) is 5.56 Å². The second kappa shape index (κ2) is 5.41. The number of hydrogen-bond donors (Lipinski definition) is 1. The Morgan fingerprint density at radius 2 is 1.88 bits per heavy atom. The highest BCUT2D eigenvalue weighted by Crippen LogP contribution is 2.17. The van der Waals surface area contributed by atoms with E-state index in [1.54, 1.807) is 6.92 Å². The molecule has 1 fully saturated rings. The molecule has 1 heterocycles. The van der Waals surface area contributed by atoms with Crippen molar-refractivity contribution in [3.63, 3.8) is 0 Å². The number of nitrogens with zero attached hydrogens (tertiary/aromatic N) is 1. The van der Waals surface area contributed by atoms with E-state index in [1.807, 2.05) is 24.3 Å². The van der Waals surface area contributed by atoms with Crippen LogP contribution in [-0.2, 0) is 6.54 Å². The zero-order chi connectivity index (χ0) is 11.4. The smallest absolute Gasteiger partial charge is 0.122 e. The number of piperazine rings is 1. The largest absolute Gasteiger partial charge is 0.314 e. The van der Waals surface area contributed by atoms with Gasteiger partial charge in [0.2, 0.25) is 0 Å². The SMILES string of the molecule is CC(F)c1ccc(CN2CCNCC2)cc1. The van der Waals surface area contributed by atoms with E-state index in [2.05, 4.69) is 10.2 Å². The minimum atomic E-state index is -0.867. The number of halogens is 1. The average molecular weight is 222 g/mol. The fourth-order valence-electron chi connectivity index (χ4n) is 2.02. The molecule has 1 aromatic carbocycles. The molecule has 16 heavy (non-hydrogen) atoms. The van der Waals surface area contributed by atoms with Crippen molar-refractivity contribution in [2.75, 3.05) is 26.2 Å². The van der Waals surface area contributed by atoms with Crippen LogP contribution >= 0.6 is 0 Å². The van der Waals surface area contributed by atoms with Gasteiger partial charge in [0, 0.05) is 32.7 Å². The van der Waals surface area contributed by atoms with E-state index >= 15 is 0 Å². The summed E-state index contributed by atoms with van der Waals surface area (Å²) in [7, 11) is 0. The average Bonchev–Trinajstić information content (AvgIpc) is 2.31. The lowest BCUT2D eigenvalue weighted by Gasteiger charge is -2.27. The first-order valence-electron chi connectivity index (χ1n) is 5.91. The highest BCUT2D eigenvalue weighted by molar-refractivity contribution is 5.23. The number of benzene rings is 1. The molecule has 2 nitrogen and oxygen atoms in total. The van der Waals surface area contributed by atoms with Crippen molar-refractivity contribution < 1.29 is 4.39 Å². The fourth-order valence-corrected chi connectivity index (χ4v) is 2.02. The van der Waals surface area contributed by atoms with Crippen LogP contribution in [0.2, 0.25) is 0 Å². The van der Waals surface area contributed by atoms with Crippen molar-refractivity contribution in [1.29, 1.82) is 0 Å². The molecule has 2 rings (SSSR count). The predicted molar refractivity (Wildman–Crippen MR) is 64.1 cm³/mol. The number of alkyl halides is 1. The number of hydrogen-bond acceptors (Lipinski definition) is 2. The molecule has 0 spiro atoms. The Balaban J connectivity index is 1.93. The Morgan fingerprint density at radius 3 is 2.44 bits per heavy atom. The summed E-state index contributed by atoms with van der Waals surface area (Å²) in [5.74, 6) is 0. The molecule has 1 aliphatic rings. The number of nitrogens with one attached hydrogen (secondary N) is 1. The van der Waals surface area contributed by atoms with E-state index in [-0.39, 0.29) is 0 Å². The number of rotatable bonds is 3. The third-order valence-electron chi connectivity index (χ3n) is 3.05. The van der Waals surface area contributed by atoms with Crippen molar-refractivity contribution >= 4 is 0 Å². The Labute approximate surface area is 96.5 Å². The molecule has 88 valence electrons. The topological polar surface area (TPSA) is 15.3 Å². The molecule has 0 aromatic heterocycles. The molecule has 1 aromatic rings. The van der Waals surface area contributed by atoms with E-state index in [9.17, 15) is 4.39 Å². The third kappa shape index (κ3) is 3.03. The Bertz CT molecular complexity index is 315. The first-order chi connectivity index (χ1) is 7.75. The van der Waals surface area contributed by atoms with Gasteiger partial charge in [-0.1, -0.05) is 24.3 Å². The van der Waals surface area contributed by atoms with Crippen molar-refractivity contribution in [2.24, 2.45) is 0 Å². The highest BCUT2D eigenvalue weighted by Gasteiger charge is 2.10. The Hall–Kier alpha value is -0.930. The predicted octanol–water partition coefficient (Wildman–Crippen LogP) is 2.12. The van der Waals surface area contributed by atoms with Crippen LogP contribution in [0.4, 0.5) is 4.39 Å². The molecule has 0 radical (unpaired) electrons. The summed E-state index contributed by atoms with van der Waals surface area (Å²) in [5.41, 5.74) is 2.04. The van der Waals surface area contributed by atoms with Crippen LogP contribution in [0.25, 0.3) is 0 Å². The first kappa shape index (κ1) is 11.6. The van der Waals surface area contributed by atoms with Gasteiger partial charge in [-0.25, -0.2) is 4.39 Å². The van der Waals surface area contributed by atoms with Crippen LogP contribution in [-0.4, -0.2) is 31.1 Å². The standard InChI is InChI=1S/C13H19FN2/c1-11(14)13-4-2-12(3-5-13)10-16-8-6-15-7-9-16/h2-5,11,15H,6-10H2,1H3. The lowest BCUT2D eigenvalue weighted by Crippen LogP contribution is -2.42. The van der Waals surface area contributed by atoms with Crippen LogP contribution in [0.5, 0.6) is 0 Å². The molecule has 1 unspecified atom stereocenters. The Kier molecular flexibility index (Phi) is 3.91. The molecular formula is C13H19FN2. The molecule has 0 saturated carbocycles. The molecule has 1 aliphatic heterocycles. The van der Waals surface area contributed by atoms with Gasteiger partial charge in [-0.05, 0) is 18.1 Å². The molecule has 0 amide bonds. The summed E-state index contributed by atoms with van der Waals surface area (Å²) >= 11 is 0. The van der Waals surface area contributed by atoms with Crippen LogP contribution in [0, 0.1) is 0 Å². The molecule has 1 atom stereocenters. The van der Waals surface area contributed by atoms with Gasteiger partial charge in [0.25, 0.3) is 0 Å². The van der Waals surface area contributed by atoms with Crippen LogP contribution in [0.3, 0.4) is 0 Å². The van der Waals surface area contributed by atoms with Crippen LogP contribution in [0.15, 0.2) is 24.3 Å². The fraction of sp³-hybridized carbons (Fsp3) is 0.538. The lowest BCUT2D eigenvalue weighted by atomic mass is 10.1. The van der Waals surface area contributed by atoms with Gasteiger partial charge in [0.05, 0.1) is 0 Å². The quantitative estimate of drug-likeness (QED) is 0.842. The molecule has 0 aliphatic carbocycles. The van der Waals surface area contributed by atoms with Crippen LogP contribution < -0.4 is 5.32 Å². The molecule has 1 N–H and O–H groups in total. The summed E-state index contributed by atoms with van der Waals surface area (Å²) in [6, 6.07) is 7.85. The molecule has 0 bridgehead atoms. The lowest BCUT2D eigenvalue weighted by molar-refractivity contribution is 0.233. The van der Waals surface area contributed by atoms with E-state index in [4.69, 9.17) is 0 Å². The highest BCUT2D eigenvalue weighted by atomic mass is 19.1. The van der Waals surface area contributed by atoms with Gasteiger partial charge in [-0.15, -0.1) is 0 Å². The summed E-state index contributed by atoms with van der Waals surface area (Å²) in [6.07, 6.45) is -0.867. The second-order valence-electron chi connectivity index (χ2n) is 4.38. The third-order valence-corrected chi connectivity index (χ3v) is 3.05. The van der Waals surface area contributed by atoms with Gasteiger partial charge in [-0.3, -0.25) is 4.90 Å². The molecule has 3 heteroatoms. The normalized spacial score (nSPS) is 19.6. The zero-order valence-corrected chi connectivity index (χ0v) is 9.75. The van der Waals surface area contributed by atoms with Crippen LogP contribution in [0.1, 0.15) is 24.2 Å². The zero-order valence-electron chi connectivity index (χ0n) is 9.75. The summed E-state index contributed by atoms with van der Waals surface area (Å²) in [4.78, 5) is 2.42. The van der Waals surface area contributed by atoms with Gasteiger partial charge < -0.3 is 5.32 Å². The van der Waals surface area contributed by atoms with Gasteiger partial charge in [0.1, 0.15) is 6.17 Å². The van der Waals surface area contributed by atoms with Crippen molar-refractivity contribution in [2.45, 2.75) is 19.6 Å². The van der Waals surface area contributed by atoms with E-state index < -0.39 is 6.17 Å². The maximum atomic E-state index is 13.0. The monoisotopic (exact) mass is 222 g/mol. The van der Waals surface area contributed by atoms with Crippen molar-refractivity contribution in [1.82, 2.24) is 10.2 Å². The maximum absolute atomic E-state index is 13.0. The van der Waals surface area contributed by atoms with Crippen molar-refractivity contribution in [3.8, 4) is 0 Å². The van der Waals surface area contributed by atoms with Crippen molar-refractivity contribution in [3.05, 3.63) is 35.4 Å². The first-order valence-corrected chi connectivity index (χ1v) is 5.91.